The molecule has 0 bridgehead atoms. The third-order valence-corrected chi connectivity index (χ3v) is 4.43. The van der Waals surface area contributed by atoms with E-state index in [2.05, 4.69) is 18.0 Å². The second kappa shape index (κ2) is 20.6. The van der Waals surface area contributed by atoms with Crippen molar-refractivity contribution in [3.63, 3.8) is 0 Å². The van der Waals surface area contributed by atoms with Crippen molar-refractivity contribution in [1.82, 2.24) is 0 Å². The summed E-state index contributed by atoms with van der Waals surface area (Å²) in [7, 11) is -4.48. The maximum Gasteiger partial charge on any atom is 0.303 e. The quantitative estimate of drug-likeness (QED) is 0.200. The predicted molar refractivity (Wildman–Crippen MR) is 104 cm³/mol. The monoisotopic (exact) mass is 395 g/mol. The molecule has 0 amide bonds. The summed E-state index contributed by atoms with van der Waals surface area (Å²) in [5, 5.41) is 8.21. The first-order chi connectivity index (χ1) is 12.3. The highest BCUT2D eigenvalue weighted by Crippen LogP contribution is 2.10. The standard InChI is InChI=1S/C12H26O4S.C7H14O2/c1-2-3-4-5-6-7-8-9-10-11-12-16-17(13,14)15;1-2-3-4-5-6-7(8)9/h2-12H2,1H3,(H,13,14,15);2-6H2,1H3,(H,8,9)/p-1. The van der Waals surface area contributed by atoms with Crippen molar-refractivity contribution >= 4 is 16.4 Å². The van der Waals surface area contributed by atoms with Gasteiger partial charge in [0, 0.05) is 6.42 Å². The molecule has 0 saturated carbocycles. The Bertz CT molecular complexity index is 395. The normalized spacial score (nSPS) is 11.0. The number of hydrogen-bond donors (Lipinski definition) is 1. The van der Waals surface area contributed by atoms with Crippen molar-refractivity contribution in [2.75, 3.05) is 6.61 Å². The van der Waals surface area contributed by atoms with Crippen LogP contribution < -0.4 is 0 Å². The number of carboxylic acids is 1. The third kappa shape index (κ3) is 31.1. The van der Waals surface area contributed by atoms with E-state index in [1.54, 1.807) is 0 Å². The molecule has 26 heavy (non-hydrogen) atoms. The Morgan fingerprint density at radius 1 is 0.769 bits per heavy atom. The van der Waals surface area contributed by atoms with E-state index >= 15 is 0 Å². The lowest BCUT2D eigenvalue weighted by molar-refractivity contribution is -0.137. The second-order valence-electron chi connectivity index (χ2n) is 6.62. The van der Waals surface area contributed by atoms with Crippen molar-refractivity contribution in [3.05, 3.63) is 0 Å². The molecule has 1 N–H and O–H groups in total. The van der Waals surface area contributed by atoms with E-state index in [1.807, 2.05) is 0 Å². The summed E-state index contributed by atoms with van der Waals surface area (Å²) in [6.07, 6.45) is 16.3. The van der Waals surface area contributed by atoms with E-state index in [0.29, 0.717) is 12.8 Å². The first kappa shape index (κ1) is 27.6. The van der Waals surface area contributed by atoms with Crippen LogP contribution in [0.5, 0.6) is 0 Å². The molecular weight excluding hydrogens is 356 g/mol. The van der Waals surface area contributed by atoms with Crippen molar-refractivity contribution in [2.45, 2.75) is 110 Å². The fourth-order valence-corrected chi connectivity index (χ4v) is 2.78. The van der Waals surface area contributed by atoms with E-state index in [4.69, 9.17) is 5.11 Å². The summed E-state index contributed by atoms with van der Waals surface area (Å²) in [5.41, 5.74) is 0. The molecule has 0 aromatic rings. The van der Waals surface area contributed by atoms with E-state index < -0.39 is 16.4 Å². The number of rotatable bonds is 17. The first-order valence-electron chi connectivity index (χ1n) is 10.2. The van der Waals surface area contributed by atoms with Gasteiger partial charge in [0.1, 0.15) is 0 Å². The van der Waals surface area contributed by atoms with Gasteiger partial charge in [-0.3, -0.25) is 8.98 Å². The zero-order chi connectivity index (χ0) is 20.1. The van der Waals surface area contributed by atoms with Crippen LogP contribution in [0.3, 0.4) is 0 Å². The van der Waals surface area contributed by atoms with Gasteiger partial charge in [0.05, 0.1) is 6.61 Å². The molecule has 6 nitrogen and oxygen atoms in total. The molecule has 158 valence electrons. The maximum atomic E-state index is 10.1. The fourth-order valence-electron chi connectivity index (χ4n) is 2.45. The highest BCUT2D eigenvalue weighted by molar-refractivity contribution is 7.80. The van der Waals surface area contributed by atoms with Gasteiger partial charge < -0.3 is 9.66 Å². The SMILES string of the molecule is CCCCCCC(=O)O.CCCCCCCCCCCCOS(=O)(=O)[O-]. The minimum atomic E-state index is -4.48. The van der Waals surface area contributed by atoms with E-state index in [-0.39, 0.29) is 6.61 Å². The average molecular weight is 396 g/mol. The molecule has 0 aromatic heterocycles. The zero-order valence-corrected chi connectivity index (χ0v) is 17.5. The lowest BCUT2D eigenvalue weighted by atomic mass is 10.1. The van der Waals surface area contributed by atoms with Crippen molar-refractivity contribution in [2.24, 2.45) is 0 Å². The lowest BCUT2D eigenvalue weighted by Gasteiger charge is -2.06. The lowest BCUT2D eigenvalue weighted by Crippen LogP contribution is -2.05. The van der Waals surface area contributed by atoms with Crippen LogP contribution in [-0.4, -0.2) is 30.7 Å². The molecule has 0 rings (SSSR count). The average Bonchev–Trinajstić information content (AvgIpc) is 2.56. The number of carbonyl (C=O) groups is 1. The van der Waals surface area contributed by atoms with Crippen LogP contribution >= 0.6 is 0 Å². The van der Waals surface area contributed by atoms with Gasteiger partial charge in [-0.2, -0.15) is 0 Å². The summed E-state index contributed by atoms with van der Waals surface area (Å²) in [6, 6.07) is 0. The minimum absolute atomic E-state index is 0.0301. The Kier molecular flexibility index (Phi) is 21.9. The number of hydrogen-bond acceptors (Lipinski definition) is 5. The summed E-state index contributed by atoms with van der Waals surface area (Å²) < 4.78 is 34.5. The maximum absolute atomic E-state index is 10.1. The zero-order valence-electron chi connectivity index (χ0n) is 16.7. The number of unbranched alkanes of at least 4 members (excludes halogenated alkanes) is 12. The molecule has 0 aromatic carbocycles. The first-order valence-corrected chi connectivity index (χ1v) is 11.5. The van der Waals surface area contributed by atoms with E-state index in [9.17, 15) is 17.8 Å². The fraction of sp³-hybridized carbons (Fsp3) is 0.947. The molecule has 0 aliphatic heterocycles. The highest BCUT2D eigenvalue weighted by atomic mass is 32.3. The summed E-state index contributed by atoms with van der Waals surface area (Å²) >= 11 is 0. The van der Waals surface area contributed by atoms with Crippen LogP contribution in [0.25, 0.3) is 0 Å². The summed E-state index contributed by atoms with van der Waals surface area (Å²) in [6.45, 7) is 4.35. The van der Waals surface area contributed by atoms with Crippen molar-refractivity contribution < 1.29 is 27.1 Å². The van der Waals surface area contributed by atoms with Gasteiger partial charge >= 0.3 is 5.97 Å². The molecule has 7 heteroatoms. The van der Waals surface area contributed by atoms with E-state index in [0.717, 1.165) is 32.1 Å². The summed E-state index contributed by atoms with van der Waals surface area (Å²) in [4.78, 5) is 9.96. The van der Waals surface area contributed by atoms with Crippen LogP contribution in [0.2, 0.25) is 0 Å². The molecule has 0 aliphatic carbocycles. The van der Waals surface area contributed by atoms with Gasteiger partial charge in [0.2, 0.25) is 10.4 Å². The van der Waals surface area contributed by atoms with Crippen molar-refractivity contribution in [3.8, 4) is 0 Å². The molecule has 0 unspecified atom stereocenters. The van der Waals surface area contributed by atoms with Gasteiger partial charge in [-0.1, -0.05) is 90.9 Å². The Morgan fingerprint density at radius 2 is 1.15 bits per heavy atom. The number of aliphatic carboxylic acids is 1. The van der Waals surface area contributed by atoms with Gasteiger partial charge in [0.15, 0.2) is 0 Å². The highest BCUT2D eigenvalue weighted by Gasteiger charge is 1.96. The minimum Gasteiger partial charge on any atom is -0.726 e. The topological polar surface area (TPSA) is 104 Å². The van der Waals surface area contributed by atoms with Crippen LogP contribution in [0.1, 0.15) is 110 Å². The Balaban J connectivity index is 0. The van der Waals surface area contributed by atoms with E-state index in [1.165, 1.54) is 51.4 Å². The second-order valence-corrected chi connectivity index (χ2v) is 7.67. The molecule has 0 aliphatic rings. The molecule has 0 fully saturated rings. The predicted octanol–water partition coefficient (Wildman–Crippen LogP) is 5.43. The van der Waals surface area contributed by atoms with Gasteiger partial charge in [0.25, 0.3) is 0 Å². The third-order valence-electron chi connectivity index (χ3n) is 3.97. The molecule has 0 atom stereocenters. The summed E-state index contributed by atoms with van der Waals surface area (Å²) in [5.74, 6) is -0.675. The van der Waals surface area contributed by atoms with Crippen LogP contribution in [0, 0.1) is 0 Å². The van der Waals surface area contributed by atoms with Crippen LogP contribution in [0.15, 0.2) is 0 Å². The largest absolute Gasteiger partial charge is 0.726 e. The molecule has 0 spiro atoms. The molecular formula is C19H39O6S-. The van der Waals surface area contributed by atoms with Crippen LogP contribution in [-0.2, 0) is 19.4 Å². The smallest absolute Gasteiger partial charge is 0.303 e. The molecule has 0 saturated heterocycles. The van der Waals surface area contributed by atoms with Crippen molar-refractivity contribution in [1.29, 1.82) is 0 Å². The number of carboxylic acid groups (broad SMARTS) is 1. The molecule has 0 radical (unpaired) electrons. The van der Waals surface area contributed by atoms with Gasteiger partial charge in [-0.05, 0) is 12.8 Å². The van der Waals surface area contributed by atoms with Crippen LogP contribution in [0.4, 0.5) is 0 Å². The molecule has 0 heterocycles. The van der Waals surface area contributed by atoms with Gasteiger partial charge in [-0.25, -0.2) is 8.42 Å². The van der Waals surface area contributed by atoms with Gasteiger partial charge in [-0.15, -0.1) is 0 Å². The Hall–Kier alpha value is -0.660. The Morgan fingerprint density at radius 3 is 1.54 bits per heavy atom. The Labute approximate surface area is 160 Å².